The van der Waals surface area contributed by atoms with E-state index < -0.39 is 0 Å². The predicted octanol–water partition coefficient (Wildman–Crippen LogP) is 9.51. The van der Waals surface area contributed by atoms with Crippen LogP contribution in [0.1, 0.15) is 121 Å². The van der Waals surface area contributed by atoms with Crippen LogP contribution >= 0.6 is 0 Å². The van der Waals surface area contributed by atoms with E-state index in [1.165, 1.54) is 101 Å². The van der Waals surface area contributed by atoms with Gasteiger partial charge in [-0.05, 0) is 49.1 Å². The van der Waals surface area contributed by atoms with E-state index in [9.17, 15) is 0 Å². The summed E-state index contributed by atoms with van der Waals surface area (Å²) in [6.07, 6.45) is 25.7. The van der Waals surface area contributed by atoms with Crippen LogP contribution in [0.25, 0.3) is 11.4 Å². The Hall–Kier alpha value is -1.90. The van der Waals surface area contributed by atoms with Crippen LogP contribution in [0.3, 0.4) is 0 Å². The van der Waals surface area contributed by atoms with Gasteiger partial charge in [-0.25, -0.2) is 9.97 Å². The standard InChI is InChI=1S/C32H50N2O/c1-4-6-8-9-10-11-12-13-27-14-16-28(17-15-27)18-19-29-20-21-31(26(3)23-29)32-33-24-30(25-34-32)35-22-7-5-2/h20-21,23-25,27-28H,4-19,22H2,1-3H3. The lowest BCUT2D eigenvalue weighted by Gasteiger charge is -2.28. The highest BCUT2D eigenvalue weighted by molar-refractivity contribution is 5.60. The van der Waals surface area contributed by atoms with Gasteiger partial charge < -0.3 is 4.74 Å². The van der Waals surface area contributed by atoms with Gasteiger partial charge in [0.05, 0.1) is 19.0 Å². The van der Waals surface area contributed by atoms with E-state index in [1.807, 2.05) is 0 Å². The molecule has 1 aliphatic rings. The van der Waals surface area contributed by atoms with Crippen molar-refractivity contribution < 1.29 is 4.74 Å². The van der Waals surface area contributed by atoms with Crippen molar-refractivity contribution in [3.8, 4) is 17.1 Å². The van der Waals surface area contributed by atoms with Crippen LogP contribution < -0.4 is 4.74 Å². The maximum Gasteiger partial charge on any atom is 0.159 e. The third-order valence-corrected chi connectivity index (χ3v) is 7.95. The maximum absolute atomic E-state index is 5.70. The molecule has 0 unspecified atom stereocenters. The molecule has 0 saturated heterocycles. The van der Waals surface area contributed by atoms with Crippen molar-refractivity contribution in [1.82, 2.24) is 9.97 Å². The molecule has 3 nitrogen and oxygen atoms in total. The van der Waals surface area contributed by atoms with E-state index in [0.717, 1.165) is 48.4 Å². The second kappa shape index (κ2) is 16.0. The molecule has 3 rings (SSSR count). The van der Waals surface area contributed by atoms with E-state index in [-0.39, 0.29) is 0 Å². The molecule has 0 N–H and O–H groups in total. The van der Waals surface area contributed by atoms with Gasteiger partial charge in [0.15, 0.2) is 11.6 Å². The number of aromatic nitrogens is 2. The number of unbranched alkanes of at least 4 members (excludes halogenated alkanes) is 7. The zero-order valence-corrected chi connectivity index (χ0v) is 22.9. The molecule has 1 saturated carbocycles. The van der Waals surface area contributed by atoms with Gasteiger partial charge in [0.1, 0.15) is 0 Å². The Kier molecular flexibility index (Phi) is 12.6. The number of nitrogens with zero attached hydrogens (tertiary/aromatic N) is 2. The van der Waals surface area contributed by atoms with Crippen molar-refractivity contribution in [1.29, 1.82) is 0 Å². The summed E-state index contributed by atoms with van der Waals surface area (Å²) in [6.45, 7) is 7.38. The molecule has 1 heterocycles. The number of hydrogen-bond acceptors (Lipinski definition) is 3. The highest BCUT2D eigenvalue weighted by Gasteiger charge is 2.20. The van der Waals surface area contributed by atoms with Gasteiger partial charge >= 0.3 is 0 Å². The molecular formula is C32H50N2O. The molecule has 0 bridgehead atoms. The summed E-state index contributed by atoms with van der Waals surface area (Å²) in [4.78, 5) is 9.10. The first kappa shape index (κ1) is 27.7. The van der Waals surface area contributed by atoms with Crippen LogP contribution in [-0.2, 0) is 6.42 Å². The minimum absolute atomic E-state index is 0.730. The first-order valence-electron chi connectivity index (χ1n) is 14.7. The quantitative estimate of drug-likeness (QED) is 0.225. The van der Waals surface area contributed by atoms with Gasteiger partial charge in [0.25, 0.3) is 0 Å². The first-order valence-corrected chi connectivity index (χ1v) is 14.7. The Balaban J connectivity index is 1.35. The minimum Gasteiger partial charge on any atom is -0.490 e. The normalized spacial score (nSPS) is 18.0. The van der Waals surface area contributed by atoms with Gasteiger partial charge in [0, 0.05) is 5.56 Å². The Labute approximate surface area is 215 Å². The van der Waals surface area contributed by atoms with Crippen LogP contribution in [-0.4, -0.2) is 16.6 Å². The van der Waals surface area contributed by atoms with E-state index >= 15 is 0 Å². The van der Waals surface area contributed by atoms with Crippen LogP contribution in [0.15, 0.2) is 30.6 Å². The zero-order valence-electron chi connectivity index (χ0n) is 22.9. The second-order valence-corrected chi connectivity index (χ2v) is 10.9. The van der Waals surface area contributed by atoms with E-state index in [1.54, 1.807) is 12.4 Å². The molecule has 1 aromatic heterocycles. The fourth-order valence-electron chi connectivity index (χ4n) is 5.57. The predicted molar refractivity (Wildman–Crippen MR) is 149 cm³/mol. The summed E-state index contributed by atoms with van der Waals surface area (Å²) in [5.41, 5.74) is 3.84. The lowest BCUT2D eigenvalue weighted by Crippen LogP contribution is -2.15. The van der Waals surface area contributed by atoms with Crippen molar-refractivity contribution in [2.75, 3.05) is 6.61 Å². The van der Waals surface area contributed by atoms with Crippen molar-refractivity contribution in [3.63, 3.8) is 0 Å². The first-order chi connectivity index (χ1) is 17.2. The molecule has 1 fully saturated rings. The van der Waals surface area contributed by atoms with Gasteiger partial charge in [-0.3, -0.25) is 0 Å². The fourth-order valence-corrected chi connectivity index (χ4v) is 5.57. The molecular weight excluding hydrogens is 428 g/mol. The van der Waals surface area contributed by atoms with Crippen molar-refractivity contribution in [3.05, 3.63) is 41.7 Å². The SMILES string of the molecule is CCCCCCCCCC1CCC(CCc2ccc(-c3ncc(OCCCC)cn3)c(C)c2)CC1. The fraction of sp³-hybridized carbons (Fsp3) is 0.688. The Morgan fingerprint density at radius 1 is 0.771 bits per heavy atom. The average molecular weight is 479 g/mol. The molecule has 0 atom stereocenters. The van der Waals surface area contributed by atoms with Crippen LogP contribution in [0.4, 0.5) is 0 Å². The summed E-state index contributed by atoms with van der Waals surface area (Å²) in [5.74, 6) is 3.47. The number of rotatable bonds is 16. The average Bonchev–Trinajstić information content (AvgIpc) is 2.88. The molecule has 1 aliphatic carbocycles. The third-order valence-electron chi connectivity index (χ3n) is 7.95. The Bertz CT molecular complexity index is 824. The molecule has 0 amide bonds. The Morgan fingerprint density at radius 2 is 1.40 bits per heavy atom. The van der Waals surface area contributed by atoms with Crippen molar-refractivity contribution >= 4 is 0 Å². The summed E-state index contributed by atoms with van der Waals surface area (Å²) >= 11 is 0. The monoisotopic (exact) mass is 478 g/mol. The van der Waals surface area contributed by atoms with Gasteiger partial charge in [-0.15, -0.1) is 0 Å². The molecule has 1 aromatic carbocycles. The topological polar surface area (TPSA) is 35.0 Å². The maximum atomic E-state index is 5.70. The Morgan fingerprint density at radius 3 is 2.06 bits per heavy atom. The summed E-state index contributed by atoms with van der Waals surface area (Å²) in [5, 5.41) is 0. The van der Waals surface area contributed by atoms with Crippen LogP contribution in [0.2, 0.25) is 0 Å². The third kappa shape index (κ3) is 9.94. The highest BCUT2D eigenvalue weighted by atomic mass is 16.5. The zero-order chi connectivity index (χ0) is 24.7. The highest BCUT2D eigenvalue weighted by Crippen LogP contribution is 2.34. The van der Waals surface area contributed by atoms with E-state index in [0.29, 0.717) is 0 Å². The minimum atomic E-state index is 0.730. The van der Waals surface area contributed by atoms with Gasteiger partial charge in [-0.1, -0.05) is 116 Å². The number of benzene rings is 1. The van der Waals surface area contributed by atoms with Crippen LogP contribution in [0, 0.1) is 18.8 Å². The smallest absolute Gasteiger partial charge is 0.159 e. The summed E-state index contributed by atoms with van der Waals surface area (Å²) < 4.78 is 5.70. The molecule has 0 aliphatic heterocycles. The second-order valence-electron chi connectivity index (χ2n) is 10.9. The molecule has 2 aromatic rings. The largest absolute Gasteiger partial charge is 0.490 e. The lowest BCUT2D eigenvalue weighted by atomic mass is 9.77. The van der Waals surface area contributed by atoms with Crippen molar-refractivity contribution in [2.24, 2.45) is 11.8 Å². The molecule has 35 heavy (non-hydrogen) atoms. The van der Waals surface area contributed by atoms with Crippen LogP contribution in [0.5, 0.6) is 5.75 Å². The van der Waals surface area contributed by atoms with Gasteiger partial charge in [-0.2, -0.15) is 0 Å². The number of hydrogen-bond donors (Lipinski definition) is 0. The molecule has 0 radical (unpaired) electrons. The molecule has 0 spiro atoms. The summed E-state index contributed by atoms with van der Waals surface area (Å²) in [7, 11) is 0. The molecule has 3 heteroatoms. The van der Waals surface area contributed by atoms with Gasteiger partial charge in [0.2, 0.25) is 0 Å². The van der Waals surface area contributed by atoms with E-state index in [4.69, 9.17) is 4.74 Å². The lowest BCUT2D eigenvalue weighted by molar-refractivity contribution is 0.248. The number of aryl methyl sites for hydroxylation is 2. The number of ether oxygens (including phenoxy) is 1. The van der Waals surface area contributed by atoms with Crippen molar-refractivity contribution in [2.45, 2.75) is 124 Å². The molecule has 194 valence electrons. The van der Waals surface area contributed by atoms with E-state index in [2.05, 4.69) is 48.9 Å². The summed E-state index contributed by atoms with van der Waals surface area (Å²) in [6, 6.07) is 6.83.